The Hall–Kier alpha value is -1.99. The minimum absolute atomic E-state index is 0.0444. The Bertz CT molecular complexity index is 837. The number of piperidine rings is 1. The standard InChI is InChI=1S/C20H25ClN4O2S/c1-20(2,3)18(27)25-10-8-14(9-11-25)17(26)22-19-24-23-16(28-19)12-13-4-6-15(21)7-5-13/h4-7,14H,8-12H2,1-3H3,(H,22,24,26). The molecule has 1 aliphatic rings. The molecule has 3 rings (SSSR count). The molecule has 0 radical (unpaired) electrons. The van der Waals surface area contributed by atoms with E-state index >= 15 is 0 Å². The van der Waals surface area contributed by atoms with Gasteiger partial charge in [0.05, 0.1) is 0 Å². The molecular formula is C20H25ClN4O2S. The first kappa shape index (κ1) is 20.7. The van der Waals surface area contributed by atoms with Crippen LogP contribution in [0.2, 0.25) is 5.02 Å². The fraction of sp³-hybridized carbons (Fsp3) is 0.500. The van der Waals surface area contributed by atoms with Crippen LogP contribution in [-0.4, -0.2) is 40.0 Å². The molecule has 1 aliphatic heterocycles. The van der Waals surface area contributed by atoms with Crippen LogP contribution < -0.4 is 5.32 Å². The van der Waals surface area contributed by atoms with E-state index in [2.05, 4.69) is 15.5 Å². The Kier molecular flexibility index (Phi) is 6.35. The molecule has 28 heavy (non-hydrogen) atoms. The molecule has 0 bridgehead atoms. The highest BCUT2D eigenvalue weighted by Crippen LogP contribution is 2.25. The normalized spacial score (nSPS) is 15.5. The zero-order valence-corrected chi connectivity index (χ0v) is 17.9. The van der Waals surface area contributed by atoms with Crippen molar-refractivity contribution in [3.05, 3.63) is 39.9 Å². The lowest BCUT2D eigenvalue weighted by atomic mass is 9.91. The highest BCUT2D eigenvalue weighted by molar-refractivity contribution is 7.15. The smallest absolute Gasteiger partial charge is 0.229 e. The number of carbonyl (C=O) groups is 2. The number of nitrogens with one attached hydrogen (secondary N) is 1. The van der Waals surface area contributed by atoms with Gasteiger partial charge in [-0.25, -0.2) is 0 Å². The van der Waals surface area contributed by atoms with Crippen LogP contribution in [-0.2, 0) is 16.0 Å². The number of amides is 2. The van der Waals surface area contributed by atoms with Crippen LogP contribution in [0.15, 0.2) is 24.3 Å². The van der Waals surface area contributed by atoms with E-state index in [-0.39, 0.29) is 23.1 Å². The number of halogens is 1. The monoisotopic (exact) mass is 420 g/mol. The number of benzene rings is 1. The van der Waals surface area contributed by atoms with Crippen molar-refractivity contribution >= 4 is 39.9 Å². The van der Waals surface area contributed by atoms with Crippen molar-refractivity contribution in [3.8, 4) is 0 Å². The number of likely N-dealkylation sites (tertiary alicyclic amines) is 1. The largest absolute Gasteiger partial charge is 0.342 e. The first-order valence-electron chi connectivity index (χ1n) is 9.39. The van der Waals surface area contributed by atoms with Gasteiger partial charge in [0.2, 0.25) is 16.9 Å². The second-order valence-electron chi connectivity index (χ2n) is 8.11. The third-order valence-corrected chi connectivity index (χ3v) is 5.85. The molecule has 0 saturated carbocycles. The number of aromatic nitrogens is 2. The van der Waals surface area contributed by atoms with E-state index < -0.39 is 0 Å². The summed E-state index contributed by atoms with van der Waals surface area (Å²) in [5.74, 6) is -0.00740. The van der Waals surface area contributed by atoms with Gasteiger partial charge in [-0.1, -0.05) is 55.8 Å². The molecule has 0 atom stereocenters. The van der Waals surface area contributed by atoms with Gasteiger partial charge in [0, 0.05) is 35.9 Å². The van der Waals surface area contributed by atoms with E-state index in [0.717, 1.165) is 10.6 Å². The van der Waals surface area contributed by atoms with E-state index in [0.29, 0.717) is 42.5 Å². The predicted molar refractivity (Wildman–Crippen MR) is 112 cm³/mol. The van der Waals surface area contributed by atoms with Crippen molar-refractivity contribution in [1.82, 2.24) is 15.1 Å². The highest BCUT2D eigenvalue weighted by atomic mass is 35.5. The van der Waals surface area contributed by atoms with Crippen molar-refractivity contribution in [3.63, 3.8) is 0 Å². The topological polar surface area (TPSA) is 75.2 Å². The lowest BCUT2D eigenvalue weighted by Crippen LogP contribution is -2.45. The van der Waals surface area contributed by atoms with E-state index in [4.69, 9.17) is 11.6 Å². The van der Waals surface area contributed by atoms with Gasteiger partial charge in [-0.3, -0.25) is 9.59 Å². The summed E-state index contributed by atoms with van der Waals surface area (Å²) in [6.07, 6.45) is 1.99. The van der Waals surface area contributed by atoms with Crippen LogP contribution in [0, 0.1) is 11.3 Å². The van der Waals surface area contributed by atoms with E-state index in [9.17, 15) is 9.59 Å². The Balaban J connectivity index is 1.51. The number of nitrogens with zero attached hydrogens (tertiary/aromatic N) is 3. The van der Waals surface area contributed by atoms with Gasteiger partial charge >= 0.3 is 0 Å². The predicted octanol–water partition coefficient (Wildman–Crippen LogP) is 4.01. The summed E-state index contributed by atoms with van der Waals surface area (Å²) in [4.78, 5) is 26.8. The molecule has 1 aromatic heterocycles. The summed E-state index contributed by atoms with van der Waals surface area (Å²) >= 11 is 7.29. The van der Waals surface area contributed by atoms with Gasteiger partial charge in [0.25, 0.3) is 0 Å². The van der Waals surface area contributed by atoms with Crippen molar-refractivity contribution < 1.29 is 9.59 Å². The molecule has 150 valence electrons. The number of carbonyl (C=O) groups excluding carboxylic acids is 2. The first-order chi connectivity index (χ1) is 13.2. The van der Waals surface area contributed by atoms with Gasteiger partial charge in [-0.15, -0.1) is 10.2 Å². The van der Waals surface area contributed by atoms with Crippen LogP contribution in [0.3, 0.4) is 0 Å². The number of anilines is 1. The Labute approximate surface area is 174 Å². The van der Waals surface area contributed by atoms with Crippen molar-refractivity contribution in [2.24, 2.45) is 11.3 Å². The fourth-order valence-electron chi connectivity index (χ4n) is 3.18. The van der Waals surface area contributed by atoms with E-state index in [1.165, 1.54) is 11.3 Å². The maximum absolute atomic E-state index is 12.6. The van der Waals surface area contributed by atoms with Gasteiger partial charge in [0.15, 0.2) is 0 Å². The molecule has 1 saturated heterocycles. The zero-order valence-electron chi connectivity index (χ0n) is 16.4. The van der Waals surface area contributed by atoms with Crippen molar-refractivity contribution in [2.75, 3.05) is 18.4 Å². The van der Waals surface area contributed by atoms with Crippen LogP contribution in [0.5, 0.6) is 0 Å². The van der Waals surface area contributed by atoms with Gasteiger partial charge < -0.3 is 10.2 Å². The Morgan fingerprint density at radius 3 is 2.43 bits per heavy atom. The lowest BCUT2D eigenvalue weighted by molar-refractivity contribution is -0.142. The molecule has 1 aromatic carbocycles. The SMILES string of the molecule is CC(C)(C)C(=O)N1CCC(C(=O)Nc2nnc(Cc3ccc(Cl)cc3)s2)CC1. The van der Waals surface area contributed by atoms with E-state index in [1.807, 2.05) is 49.9 Å². The average Bonchev–Trinajstić information content (AvgIpc) is 3.09. The summed E-state index contributed by atoms with van der Waals surface area (Å²) in [7, 11) is 0. The fourth-order valence-corrected chi connectivity index (χ4v) is 4.08. The van der Waals surface area contributed by atoms with Crippen LogP contribution >= 0.6 is 22.9 Å². The molecular weight excluding hydrogens is 396 g/mol. The van der Waals surface area contributed by atoms with Gasteiger partial charge in [0.1, 0.15) is 5.01 Å². The summed E-state index contributed by atoms with van der Waals surface area (Å²) in [5.41, 5.74) is 0.705. The molecule has 6 nitrogen and oxygen atoms in total. The Morgan fingerprint density at radius 2 is 1.82 bits per heavy atom. The number of hydrogen-bond donors (Lipinski definition) is 1. The molecule has 0 unspecified atom stereocenters. The molecule has 2 heterocycles. The lowest BCUT2D eigenvalue weighted by Gasteiger charge is -2.35. The molecule has 8 heteroatoms. The number of rotatable bonds is 4. The quantitative estimate of drug-likeness (QED) is 0.810. The average molecular weight is 421 g/mol. The van der Waals surface area contributed by atoms with Crippen LogP contribution in [0.1, 0.15) is 44.2 Å². The second-order valence-corrected chi connectivity index (χ2v) is 9.61. The molecule has 2 aromatic rings. The summed E-state index contributed by atoms with van der Waals surface area (Å²) < 4.78 is 0. The van der Waals surface area contributed by atoms with E-state index in [1.54, 1.807) is 0 Å². The van der Waals surface area contributed by atoms with Crippen LogP contribution in [0.4, 0.5) is 5.13 Å². The summed E-state index contributed by atoms with van der Waals surface area (Å²) in [6.45, 7) is 7.00. The molecule has 1 N–H and O–H groups in total. The maximum atomic E-state index is 12.6. The molecule has 2 amide bonds. The van der Waals surface area contributed by atoms with Gasteiger partial charge in [-0.2, -0.15) is 0 Å². The molecule has 1 fully saturated rings. The third-order valence-electron chi connectivity index (χ3n) is 4.76. The molecule has 0 aliphatic carbocycles. The maximum Gasteiger partial charge on any atom is 0.229 e. The minimum atomic E-state index is -0.387. The van der Waals surface area contributed by atoms with Crippen molar-refractivity contribution in [1.29, 1.82) is 0 Å². The summed E-state index contributed by atoms with van der Waals surface area (Å²) in [6, 6.07) is 7.60. The first-order valence-corrected chi connectivity index (χ1v) is 10.6. The van der Waals surface area contributed by atoms with Gasteiger partial charge in [-0.05, 0) is 30.5 Å². The summed E-state index contributed by atoms with van der Waals surface area (Å²) in [5, 5.41) is 13.2. The van der Waals surface area contributed by atoms with Crippen LogP contribution in [0.25, 0.3) is 0 Å². The third kappa shape index (κ3) is 5.29. The second kappa shape index (κ2) is 8.57. The minimum Gasteiger partial charge on any atom is -0.342 e. The molecule has 0 spiro atoms. The number of hydrogen-bond acceptors (Lipinski definition) is 5. The highest BCUT2D eigenvalue weighted by Gasteiger charge is 2.32. The Morgan fingerprint density at radius 1 is 1.18 bits per heavy atom. The zero-order chi connectivity index (χ0) is 20.3. The van der Waals surface area contributed by atoms with Crippen molar-refractivity contribution in [2.45, 2.75) is 40.0 Å².